The van der Waals surface area contributed by atoms with Crippen molar-refractivity contribution in [2.24, 2.45) is 5.73 Å². The van der Waals surface area contributed by atoms with E-state index in [1.54, 1.807) is 6.07 Å². The van der Waals surface area contributed by atoms with Crippen LogP contribution >= 0.6 is 15.9 Å². The van der Waals surface area contributed by atoms with Crippen LogP contribution in [0.5, 0.6) is 11.6 Å². The maximum absolute atomic E-state index is 11.1. The first-order valence-electron chi connectivity index (χ1n) is 5.47. The van der Waals surface area contributed by atoms with Gasteiger partial charge in [0.05, 0.1) is 5.69 Å². The van der Waals surface area contributed by atoms with Gasteiger partial charge in [-0.25, -0.2) is 4.98 Å². The molecule has 1 aromatic carbocycles. The fraction of sp³-hybridized carbons (Fsp3) is 0.0769. The molecule has 0 saturated carbocycles. The van der Waals surface area contributed by atoms with Crippen LogP contribution in [0.4, 0.5) is 5.69 Å². The summed E-state index contributed by atoms with van der Waals surface area (Å²) in [7, 11) is 0. The van der Waals surface area contributed by atoms with Crippen molar-refractivity contribution in [2.75, 3.05) is 5.73 Å². The summed E-state index contributed by atoms with van der Waals surface area (Å²) >= 11 is 3.37. The smallest absolute Gasteiger partial charge is 0.267 e. The molecule has 0 bridgehead atoms. The molecule has 0 aliphatic rings. The number of anilines is 1. The second-order valence-electron chi connectivity index (χ2n) is 3.97. The van der Waals surface area contributed by atoms with E-state index < -0.39 is 5.91 Å². The summed E-state index contributed by atoms with van der Waals surface area (Å²) in [5, 5.41) is 0. The molecule has 98 valence electrons. The summed E-state index contributed by atoms with van der Waals surface area (Å²) in [5.41, 5.74) is 12.3. The number of pyridine rings is 1. The van der Waals surface area contributed by atoms with Gasteiger partial charge in [-0.1, -0.05) is 15.9 Å². The van der Waals surface area contributed by atoms with Crippen LogP contribution in [0.1, 0.15) is 16.1 Å². The molecule has 1 aromatic heterocycles. The Balaban J connectivity index is 2.37. The quantitative estimate of drug-likeness (QED) is 0.909. The van der Waals surface area contributed by atoms with E-state index in [1.807, 2.05) is 19.1 Å². The lowest BCUT2D eigenvalue weighted by Gasteiger charge is -2.10. The van der Waals surface area contributed by atoms with Crippen LogP contribution in [0, 0.1) is 6.92 Å². The van der Waals surface area contributed by atoms with Crippen LogP contribution in [0.25, 0.3) is 0 Å². The first-order chi connectivity index (χ1) is 8.97. The number of hydrogen-bond acceptors (Lipinski definition) is 4. The number of carbonyl (C=O) groups is 1. The number of halogens is 1. The molecule has 19 heavy (non-hydrogen) atoms. The molecule has 6 heteroatoms. The van der Waals surface area contributed by atoms with Gasteiger partial charge in [0.2, 0.25) is 5.88 Å². The summed E-state index contributed by atoms with van der Waals surface area (Å²) in [6.07, 6.45) is 0. The van der Waals surface area contributed by atoms with Crippen molar-refractivity contribution in [1.29, 1.82) is 0 Å². The molecule has 0 saturated heterocycles. The van der Waals surface area contributed by atoms with E-state index in [1.165, 1.54) is 12.1 Å². The Morgan fingerprint density at radius 3 is 2.68 bits per heavy atom. The van der Waals surface area contributed by atoms with Crippen LogP contribution in [0.15, 0.2) is 34.8 Å². The van der Waals surface area contributed by atoms with E-state index in [0.717, 1.165) is 10.0 Å². The molecule has 0 radical (unpaired) electrons. The molecular formula is C13H12BrN3O2. The number of aromatic nitrogens is 1. The maximum atomic E-state index is 11.1. The van der Waals surface area contributed by atoms with E-state index >= 15 is 0 Å². The number of rotatable bonds is 3. The van der Waals surface area contributed by atoms with E-state index in [0.29, 0.717) is 11.4 Å². The summed E-state index contributed by atoms with van der Waals surface area (Å²) in [5.74, 6) is 0.156. The molecular weight excluding hydrogens is 310 g/mol. The molecule has 0 atom stereocenters. The highest BCUT2D eigenvalue weighted by Crippen LogP contribution is 2.29. The molecule has 0 aliphatic heterocycles. The Kier molecular flexibility index (Phi) is 3.71. The van der Waals surface area contributed by atoms with Gasteiger partial charge >= 0.3 is 0 Å². The van der Waals surface area contributed by atoms with Gasteiger partial charge < -0.3 is 16.2 Å². The average molecular weight is 322 g/mol. The summed E-state index contributed by atoms with van der Waals surface area (Å²) in [6, 6.07) is 8.53. The van der Waals surface area contributed by atoms with Crippen LogP contribution in [0.2, 0.25) is 0 Å². The lowest BCUT2D eigenvalue weighted by molar-refractivity contribution is 0.0995. The summed E-state index contributed by atoms with van der Waals surface area (Å²) in [6.45, 7) is 1.90. The number of nitrogens with two attached hydrogens (primary N) is 2. The van der Waals surface area contributed by atoms with Gasteiger partial charge in [-0.15, -0.1) is 0 Å². The minimum absolute atomic E-state index is 0.110. The van der Waals surface area contributed by atoms with Crippen molar-refractivity contribution in [3.8, 4) is 11.6 Å². The third kappa shape index (κ3) is 3.03. The lowest BCUT2D eigenvalue weighted by atomic mass is 10.2. The highest BCUT2D eigenvalue weighted by molar-refractivity contribution is 9.10. The second-order valence-corrected chi connectivity index (χ2v) is 4.88. The Labute approximate surface area is 118 Å². The molecule has 0 unspecified atom stereocenters. The molecule has 4 N–H and O–H groups in total. The fourth-order valence-electron chi connectivity index (χ4n) is 1.50. The standard InChI is InChI=1S/C13H12BrN3O2/c1-7-6-8(14)2-5-11(7)19-13-9(15)3-4-10(17-13)12(16)18/h2-6H,15H2,1H3,(H2,16,18). The summed E-state index contributed by atoms with van der Waals surface area (Å²) in [4.78, 5) is 15.1. The van der Waals surface area contributed by atoms with Crippen molar-refractivity contribution >= 4 is 27.5 Å². The number of nitrogen functional groups attached to an aromatic ring is 1. The zero-order valence-electron chi connectivity index (χ0n) is 10.2. The normalized spacial score (nSPS) is 10.2. The Hall–Kier alpha value is -2.08. The molecule has 5 nitrogen and oxygen atoms in total. The molecule has 0 spiro atoms. The minimum Gasteiger partial charge on any atom is -0.437 e. The SMILES string of the molecule is Cc1cc(Br)ccc1Oc1nc(C(N)=O)ccc1N. The van der Waals surface area contributed by atoms with E-state index in [4.69, 9.17) is 16.2 Å². The van der Waals surface area contributed by atoms with Gasteiger partial charge in [-0.05, 0) is 42.8 Å². The van der Waals surface area contributed by atoms with E-state index in [9.17, 15) is 4.79 Å². The number of primary amides is 1. The minimum atomic E-state index is -0.627. The van der Waals surface area contributed by atoms with Gasteiger partial charge in [0.25, 0.3) is 5.91 Å². The fourth-order valence-corrected chi connectivity index (χ4v) is 1.98. The number of aryl methyl sites for hydroxylation is 1. The predicted molar refractivity (Wildman–Crippen MR) is 76.1 cm³/mol. The Bertz CT molecular complexity index is 644. The second kappa shape index (κ2) is 5.27. The third-order valence-corrected chi connectivity index (χ3v) is 2.98. The highest BCUT2D eigenvalue weighted by atomic mass is 79.9. The maximum Gasteiger partial charge on any atom is 0.267 e. The number of benzene rings is 1. The van der Waals surface area contributed by atoms with Gasteiger partial charge in [-0.3, -0.25) is 4.79 Å². The zero-order chi connectivity index (χ0) is 14.0. The van der Waals surface area contributed by atoms with Crippen molar-refractivity contribution in [2.45, 2.75) is 6.92 Å². The van der Waals surface area contributed by atoms with Crippen molar-refractivity contribution in [1.82, 2.24) is 4.98 Å². The first kappa shape index (κ1) is 13.4. The highest BCUT2D eigenvalue weighted by Gasteiger charge is 2.10. The van der Waals surface area contributed by atoms with Crippen LogP contribution in [-0.4, -0.2) is 10.9 Å². The Morgan fingerprint density at radius 2 is 2.05 bits per heavy atom. The molecule has 0 aliphatic carbocycles. The number of hydrogen-bond donors (Lipinski definition) is 2. The van der Waals surface area contributed by atoms with E-state index in [-0.39, 0.29) is 11.6 Å². The number of nitrogens with zero attached hydrogens (tertiary/aromatic N) is 1. The predicted octanol–water partition coefficient (Wildman–Crippen LogP) is 2.63. The van der Waals surface area contributed by atoms with Crippen molar-refractivity contribution in [3.63, 3.8) is 0 Å². The van der Waals surface area contributed by atoms with Crippen LogP contribution < -0.4 is 16.2 Å². The van der Waals surface area contributed by atoms with Gasteiger partial charge in [0, 0.05) is 4.47 Å². The van der Waals surface area contributed by atoms with Crippen molar-refractivity contribution < 1.29 is 9.53 Å². The van der Waals surface area contributed by atoms with Crippen LogP contribution in [0.3, 0.4) is 0 Å². The molecule has 2 aromatic rings. The number of carbonyl (C=O) groups excluding carboxylic acids is 1. The molecule has 0 fully saturated rings. The zero-order valence-corrected chi connectivity index (χ0v) is 11.8. The Morgan fingerprint density at radius 1 is 1.32 bits per heavy atom. The monoisotopic (exact) mass is 321 g/mol. The number of ether oxygens (including phenoxy) is 1. The first-order valence-corrected chi connectivity index (χ1v) is 6.27. The van der Waals surface area contributed by atoms with Gasteiger partial charge in [0.15, 0.2) is 0 Å². The molecule has 1 amide bonds. The summed E-state index contributed by atoms with van der Waals surface area (Å²) < 4.78 is 6.57. The van der Waals surface area contributed by atoms with E-state index in [2.05, 4.69) is 20.9 Å². The van der Waals surface area contributed by atoms with Gasteiger partial charge in [-0.2, -0.15) is 0 Å². The molecule has 2 rings (SSSR count). The molecule has 1 heterocycles. The average Bonchev–Trinajstić information content (AvgIpc) is 2.34. The van der Waals surface area contributed by atoms with Crippen LogP contribution in [-0.2, 0) is 0 Å². The third-order valence-electron chi connectivity index (χ3n) is 2.49. The number of amides is 1. The lowest BCUT2D eigenvalue weighted by Crippen LogP contribution is -2.13. The van der Waals surface area contributed by atoms with Crippen molar-refractivity contribution in [3.05, 3.63) is 46.1 Å². The van der Waals surface area contributed by atoms with Gasteiger partial charge in [0.1, 0.15) is 11.4 Å². The topological polar surface area (TPSA) is 91.2 Å². The largest absolute Gasteiger partial charge is 0.437 e.